The van der Waals surface area contributed by atoms with Gasteiger partial charge in [0.15, 0.2) is 0 Å². The number of rotatable bonds is 6. The summed E-state index contributed by atoms with van der Waals surface area (Å²) >= 11 is 5.87. The number of hydrogen-bond acceptors (Lipinski definition) is 6. The van der Waals surface area contributed by atoms with E-state index >= 15 is 0 Å². The van der Waals surface area contributed by atoms with Gasteiger partial charge in [-0.3, -0.25) is 18.9 Å². The first-order valence-corrected chi connectivity index (χ1v) is 9.35. The molecule has 0 fully saturated rings. The minimum absolute atomic E-state index is 0.0459. The van der Waals surface area contributed by atoms with Gasteiger partial charge < -0.3 is 9.64 Å². The van der Waals surface area contributed by atoms with Gasteiger partial charge in [-0.05, 0) is 24.3 Å². The van der Waals surface area contributed by atoms with Crippen LogP contribution < -0.4 is 10.3 Å². The third-order valence-electron chi connectivity index (χ3n) is 4.30. The maximum absolute atomic E-state index is 13.4. The summed E-state index contributed by atoms with van der Waals surface area (Å²) in [5.74, 6) is -1.68. The molecular weight excluding hydrogens is 458 g/mol. The van der Waals surface area contributed by atoms with Crippen LogP contribution in [0.25, 0.3) is 0 Å². The molecule has 13 heteroatoms. The zero-order valence-electron chi connectivity index (χ0n) is 16.1. The van der Waals surface area contributed by atoms with Crippen LogP contribution in [0, 0.1) is 11.3 Å². The number of ether oxygens (including phenoxy) is 1. The van der Waals surface area contributed by atoms with E-state index in [0.717, 1.165) is 4.90 Å². The zero-order chi connectivity index (χ0) is 23.5. The molecule has 1 aliphatic heterocycles. The summed E-state index contributed by atoms with van der Waals surface area (Å²) < 4.78 is 58.2. The van der Waals surface area contributed by atoms with E-state index in [2.05, 4.69) is 10.2 Å². The molecule has 0 saturated heterocycles. The predicted molar refractivity (Wildman–Crippen MR) is 103 cm³/mol. The van der Waals surface area contributed by atoms with E-state index in [-0.39, 0.29) is 38.9 Å². The van der Waals surface area contributed by atoms with Gasteiger partial charge in [0.1, 0.15) is 12.4 Å². The summed E-state index contributed by atoms with van der Waals surface area (Å²) in [6, 6.07) is 6.80. The van der Waals surface area contributed by atoms with Gasteiger partial charge in [0.25, 0.3) is 11.5 Å². The third-order valence-corrected chi connectivity index (χ3v) is 4.52. The average Bonchev–Trinajstić information content (AvgIpc) is 2.72. The van der Waals surface area contributed by atoms with Gasteiger partial charge in [-0.25, -0.2) is 5.10 Å². The molecule has 0 radical (unpaired) electrons. The van der Waals surface area contributed by atoms with Crippen molar-refractivity contribution in [3.05, 3.63) is 68.4 Å². The Morgan fingerprint density at radius 2 is 2.00 bits per heavy atom. The Hall–Kier alpha value is -3.59. The smallest absolute Gasteiger partial charge is 0.450 e. The highest BCUT2D eigenvalue weighted by Gasteiger charge is 2.41. The summed E-state index contributed by atoms with van der Waals surface area (Å²) in [7, 11) is 0. The fourth-order valence-electron chi connectivity index (χ4n) is 2.86. The molecule has 0 atom stereocenters. The van der Waals surface area contributed by atoms with Gasteiger partial charge >= 0.3 is 6.30 Å². The number of carbonyl (C=O) groups is 1. The van der Waals surface area contributed by atoms with Crippen molar-refractivity contribution >= 4 is 17.5 Å². The number of halogens is 5. The molecule has 1 aliphatic rings. The Balaban J connectivity index is 1.91. The van der Waals surface area contributed by atoms with Crippen LogP contribution in [-0.4, -0.2) is 45.5 Å². The molecule has 8 nitrogen and oxygen atoms in total. The van der Waals surface area contributed by atoms with E-state index in [9.17, 15) is 27.2 Å². The molecule has 0 bridgehead atoms. The monoisotopic (exact) mass is 471 g/mol. The SMILES string of the molecule is N#Cc1cc(Cl)cc(OC2=CN(C(F)(F)F)CN(Cc3cc(CCF)c(=O)[nH]n3)C2=O)c1. The van der Waals surface area contributed by atoms with Crippen LogP contribution in [0.5, 0.6) is 5.75 Å². The molecule has 2 aromatic rings. The minimum atomic E-state index is -4.84. The summed E-state index contributed by atoms with van der Waals surface area (Å²) in [5, 5.41) is 14.9. The Morgan fingerprint density at radius 3 is 2.66 bits per heavy atom. The van der Waals surface area contributed by atoms with E-state index < -0.39 is 43.4 Å². The molecule has 168 valence electrons. The lowest BCUT2D eigenvalue weighted by molar-refractivity contribution is -0.240. The first-order chi connectivity index (χ1) is 15.1. The number of aromatic nitrogens is 2. The van der Waals surface area contributed by atoms with Crippen molar-refractivity contribution < 1.29 is 27.1 Å². The van der Waals surface area contributed by atoms with Crippen molar-refractivity contribution in [2.24, 2.45) is 0 Å². The van der Waals surface area contributed by atoms with Gasteiger partial charge in [0, 0.05) is 17.0 Å². The summed E-state index contributed by atoms with van der Waals surface area (Å²) in [4.78, 5) is 25.2. The molecule has 0 saturated carbocycles. The Bertz CT molecular complexity index is 1160. The number of amides is 1. The molecule has 3 rings (SSSR count). The number of nitrogens with zero attached hydrogens (tertiary/aromatic N) is 4. The maximum Gasteiger partial charge on any atom is 0.486 e. The van der Waals surface area contributed by atoms with Crippen LogP contribution in [0.3, 0.4) is 0 Å². The van der Waals surface area contributed by atoms with Crippen molar-refractivity contribution in [3.8, 4) is 11.8 Å². The number of benzene rings is 1. The van der Waals surface area contributed by atoms with Gasteiger partial charge in [-0.15, -0.1) is 0 Å². The van der Waals surface area contributed by atoms with Crippen LogP contribution in [0.1, 0.15) is 16.8 Å². The minimum Gasteiger partial charge on any atom is -0.450 e. The number of aryl methyl sites for hydroxylation is 1. The maximum atomic E-state index is 13.4. The highest BCUT2D eigenvalue weighted by Crippen LogP contribution is 2.29. The molecular formula is C19H14ClF4N5O3. The van der Waals surface area contributed by atoms with E-state index in [1.165, 1.54) is 24.3 Å². The number of H-pyrrole nitrogens is 1. The van der Waals surface area contributed by atoms with Crippen molar-refractivity contribution in [2.45, 2.75) is 19.3 Å². The Morgan fingerprint density at radius 1 is 1.25 bits per heavy atom. The van der Waals surface area contributed by atoms with E-state index in [4.69, 9.17) is 21.6 Å². The van der Waals surface area contributed by atoms with Gasteiger partial charge in [-0.2, -0.15) is 23.5 Å². The topological polar surface area (TPSA) is 102 Å². The number of hydrogen-bond donors (Lipinski definition) is 1. The molecule has 0 unspecified atom stereocenters. The van der Waals surface area contributed by atoms with Gasteiger partial charge in [0.05, 0.1) is 36.7 Å². The first-order valence-electron chi connectivity index (χ1n) is 8.97. The number of aromatic amines is 1. The second-order valence-electron chi connectivity index (χ2n) is 6.62. The second-order valence-corrected chi connectivity index (χ2v) is 7.05. The molecule has 32 heavy (non-hydrogen) atoms. The summed E-state index contributed by atoms with van der Waals surface area (Å²) in [6.45, 7) is -2.10. The molecule has 1 amide bonds. The van der Waals surface area contributed by atoms with Crippen molar-refractivity contribution in [2.75, 3.05) is 13.3 Å². The normalized spacial score (nSPS) is 14.2. The fourth-order valence-corrected chi connectivity index (χ4v) is 3.08. The van der Waals surface area contributed by atoms with E-state index in [1.807, 2.05) is 6.07 Å². The van der Waals surface area contributed by atoms with Gasteiger partial charge in [-0.1, -0.05) is 11.6 Å². The quantitative estimate of drug-likeness (QED) is 0.513. The molecule has 0 aliphatic carbocycles. The highest BCUT2D eigenvalue weighted by molar-refractivity contribution is 6.30. The second kappa shape index (κ2) is 9.27. The Labute approximate surface area is 183 Å². The lowest BCUT2D eigenvalue weighted by Crippen LogP contribution is -2.50. The molecule has 1 N–H and O–H groups in total. The molecule has 1 aromatic heterocycles. The van der Waals surface area contributed by atoms with Crippen LogP contribution in [0.15, 0.2) is 41.0 Å². The lowest BCUT2D eigenvalue weighted by Gasteiger charge is -2.35. The molecule has 0 spiro atoms. The fraction of sp³-hybridized carbons (Fsp3) is 0.263. The van der Waals surface area contributed by atoms with Crippen molar-refractivity contribution in [1.82, 2.24) is 20.0 Å². The number of carbonyl (C=O) groups excluding carboxylic acids is 1. The van der Waals surface area contributed by atoms with Crippen molar-refractivity contribution in [3.63, 3.8) is 0 Å². The summed E-state index contributed by atoms with van der Waals surface area (Å²) in [5.41, 5.74) is -0.450. The van der Waals surface area contributed by atoms with Crippen molar-refractivity contribution in [1.29, 1.82) is 5.26 Å². The standard InChI is InChI=1S/C19H14ClF4N5O3/c20-13-3-11(7-25)4-15(6-13)32-16-9-29(19(22,23)24)10-28(18(16)31)8-14-5-12(1-2-21)17(30)27-26-14/h3-6,9H,1-2,8,10H2,(H,27,30). The Kier molecular flexibility index (Phi) is 6.69. The van der Waals surface area contributed by atoms with E-state index in [1.54, 1.807) is 0 Å². The largest absolute Gasteiger partial charge is 0.486 e. The highest BCUT2D eigenvalue weighted by atomic mass is 35.5. The van der Waals surface area contributed by atoms with Crippen LogP contribution in [0.4, 0.5) is 17.6 Å². The average molecular weight is 472 g/mol. The third kappa shape index (κ3) is 5.36. The van der Waals surface area contributed by atoms with E-state index in [0.29, 0.717) is 6.20 Å². The zero-order valence-corrected chi connectivity index (χ0v) is 16.9. The molecule has 2 heterocycles. The van der Waals surface area contributed by atoms with Crippen LogP contribution in [-0.2, 0) is 17.8 Å². The number of nitriles is 1. The number of nitrogens with one attached hydrogen (secondary N) is 1. The van der Waals surface area contributed by atoms with Crippen LogP contribution >= 0.6 is 11.6 Å². The lowest BCUT2D eigenvalue weighted by atomic mass is 10.2. The predicted octanol–water partition coefficient (Wildman–Crippen LogP) is 2.85. The first kappa shape index (κ1) is 23.1. The van der Waals surface area contributed by atoms with Gasteiger partial charge in [0.2, 0.25) is 5.76 Å². The van der Waals surface area contributed by atoms with Crippen LogP contribution in [0.2, 0.25) is 5.02 Å². The molecule has 1 aromatic carbocycles. The number of alkyl halides is 4. The summed E-state index contributed by atoms with van der Waals surface area (Å²) in [6.07, 6.45) is -4.55.